The van der Waals surface area contributed by atoms with Crippen molar-refractivity contribution in [3.63, 3.8) is 0 Å². The van der Waals surface area contributed by atoms with Gasteiger partial charge in [0, 0.05) is 0 Å². The van der Waals surface area contributed by atoms with E-state index in [1.165, 1.54) is 6.92 Å². The summed E-state index contributed by atoms with van der Waals surface area (Å²) in [5.74, 6) is -0.750. The average Bonchev–Trinajstić information content (AvgIpc) is 1.97. The summed E-state index contributed by atoms with van der Waals surface area (Å²) in [6.45, 7) is 1.23. The lowest BCUT2D eigenvalue weighted by Crippen LogP contribution is -2.39. The van der Waals surface area contributed by atoms with Crippen molar-refractivity contribution in [2.45, 2.75) is 18.6 Å². The van der Waals surface area contributed by atoms with Gasteiger partial charge in [-0.15, -0.1) is 0 Å². The maximum absolute atomic E-state index is 10.4. The fraction of sp³-hybridized carbons (Fsp3) is 0.800. The Labute approximate surface area is 52.1 Å². The molecule has 1 aliphatic heterocycles. The maximum atomic E-state index is 10.4. The number of aliphatic hydroxyl groups is 2. The first-order valence-electron chi connectivity index (χ1n) is 2.61. The van der Waals surface area contributed by atoms with Gasteiger partial charge in [0.25, 0.3) is 0 Å². The van der Waals surface area contributed by atoms with E-state index in [1.54, 1.807) is 0 Å². The van der Waals surface area contributed by atoms with Gasteiger partial charge in [0.2, 0.25) is 0 Å². The Bertz CT molecular complexity index is 140. The van der Waals surface area contributed by atoms with E-state index in [1.807, 2.05) is 0 Å². The molecule has 4 nitrogen and oxygen atoms in total. The molecule has 0 radical (unpaired) electrons. The van der Waals surface area contributed by atoms with Crippen molar-refractivity contribution in [3.8, 4) is 0 Å². The zero-order chi connectivity index (χ0) is 7.07. The van der Waals surface area contributed by atoms with Crippen LogP contribution in [-0.4, -0.2) is 34.5 Å². The molecular formula is C5H8O4. The minimum atomic E-state index is -1.39. The van der Waals surface area contributed by atoms with Gasteiger partial charge in [-0.05, 0) is 6.92 Å². The second-order valence-electron chi connectivity index (χ2n) is 2.37. The van der Waals surface area contributed by atoms with Gasteiger partial charge in [-0.1, -0.05) is 0 Å². The Morgan fingerprint density at radius 3 is 2.56 bits per heavy atom. The molecule has 4 heteroatoms. The summed E-state index contributed by atoms with van der Waals surface area (Å²) in [6, 6.07) is 0. The minimum absolute atomic E-state index is 0.118. The fourth-order valence-electron chi connectivity index (χ4n) is 0.629. The smallest absolute Gasteiger partial charge is 0.338 e. The number of esters is 1. The molecule has 1 rings (SSSR count). The van der Waals surface area contributed by atoms with E-state index in [-0.39, 0.29) is 6.61 Å². The van der Waals surface area contributed by atoms with Gasteiger partial charge in [-0.25, -0.2) is 4.79 Å². The Hall–Kier alpha value is -0.610. The van der Waals surface area contributed by atoms with Crippen molar-refractivity contribution in [1.29, 1.82) is 0 Å². The largest absolute Gasteiger partial charge is 0.461 e. The van der Waals surface area contributed by atoms with Crippen LogP contribution in [0.5, 0.6) is 0 Å². The normalized spacial score (nSPS) is 43.0. The van der Waals surface area contributed by atoms with Crippen molar-refractivity contribution >= 4 is 5.97 Å². The summed E-state index contributed by atoms with van der Waals surface area (Å²) in [5.41, 5.74) is -1.39. The summed E-state index contributed by atoms with van der Waals surface area (Å²) < 4.78 is 4.34. The molecule has 0 aromatic rings. The van der Waals surface area contributed by atoms with Crippen LogP contribution in [0.15, 0.2) is 0 Å². The van der Waals surface area contributed by atoms with Crippen LogP contribution in [-0.2, 0) is 9.53 Å². The highest BCUT2D eigenvalue weighted by Gasteiger charge is 2.44. The predicted molar refractivity (Wildman–Crippen MR) is 27.6 cm³/mol. The van der Waals surface area contributed by atoms with Crippen LogP contribution in [0.25, 0.3) is 0 Å². The molecule has 1 fully saturated rings. The maximum Gasteiger partial charge on any atom is 0.338 e. The van der Waals surface area contributed by atoms with Gasteiger partial charge in [-0.2, -0.15) is 0 Å². The standard InChI is InChI=1S/C5H8O4/c1-5(8)2-9-4(7)3(5)6/h3,6,8H,2H2,1H3. The molecule has 2 N–H and O–H groups in total. The van der Waals surface area contributed by atoms with Crippen molar-refractivity contribution in [2.24, 2.45) is 0 Å². The molecule has 0 saturated carbocycles. The Balaban J connectivity index is 2.73. The van der Waals surface area contributed by atoms with Gasteiger partial charge >= 0.3 is 5.97 Å². The van der Waals surface area contributed by atoms with Gasteiger partial charge in [0.05, 0.1) is 0 Å². The second-order valence-corrected chi connectivity index (χ2v) is 2.37. The van der Waals surface area contributed by atoms with Crippen LogP contribution in [0.1, 0.15) is 6.92 Å². The van der Waals surface area contributed by atoms with Gasteiger partial charge in [0.15, 0.2) is 6.10 Å². The highest BCUT2D eigenvalue weighted by atomic mass is 16.6. The Kier molecular flexibility index (Phi) is 1.22. The molecular weight excluding hydrogens is 124 g/mol. The summed E-state index contributed by atoms with van der Waals surface area (Å²) >= 11 is 0. The number of rotatable bonds is 0. The van der Waals surface area contributed by atoms with Crippen LogP contribution in [0.2, 0.25) is 0 Å². The highest BCUT2D eigenvalue weighted by Crippen LogP contribution is 2.18. The summed E-state index contributed by atoms with van der Waals surface area (Å²) in [6.07, 6.45) is -1.38. The second kappa shape index (κ2) is 1.68. The number of ether oxygens (including phenoxy) is 1. The third kappa shape index (κ3) is 0.906. The lowest BCUT2D eigenvalue weighted by molar-refractivity contribution is -0.145. The zero-order valence-corrected chi connectivity index (χ0v) is 5.00. The number of hydrogen-bond acceptors (Lipinski definition) is 4. The molecule has 2 unspecified atom stereocenters. The summed E-state index contributed by atoms with van der Waals surface area (Å²) in [7, 11) is 0. The van der Waals surface area contributed by atoms with Crippen LogP contribution < -0.4 is 0 Å². The van der Waals surface area contributed by atoms with E-state index in [9.17, 15) is 4.79 Å². The number of cyclic esters (lactones) is 1. The lowest BCUT2D eigenvalue weighted by Gasteiger charge is -2.14. The van der Waals surface area contributed by atoms with Crippen molar-refractivity contribution in [2.75, 3.05) is 6.61 Å². The fourth-order valence-corrected chi connectivity index (χ4v) is 0.629. The monoisotopic (exact) mass is 132 g/mol. The number of carbonyl (C=O) groups is 1. The molecule has 0 bridgehead atoms. The van der Waals surface area contributed by atoms with Gasteiger partial charge in [-0.3, -0.25) is 0 Å². The van der Waals surface area contributed by atoms with Crippen molar-refractivity contribution in [3.05, 3.63) is 0 Å². The lowest BCUT2D eigenvalue weighted by atomic mass is 10.0. The average molecular weight is 132 g/mol. The summed E-state index contributed by atoms with van der Waals surface area (Å²) in [4.78, 5) is 10.4. The predicted octanol–water partition coefficient (Wildman–Crippen LogP) is -1.34. The van der Waals surface area contributed by atoms with E-state index in [4.69, 9.17) is 10.2 Å². The van der Waals surface area contributed by atoms with Crippen LogP contribution >= 0.6 is 0 Å². The van der Waals surface area contributed by atoms with E-state index >= 15 is 0 Å². The van der Waals surface area contributed by atoms with Crippen LogP contribution in [0, 0.1) is 0 Å². The first kappa shape index (κ1) is 6.51. The molecule has 9 heavy (non-hydrogen) atoms. The quantitative estimate of drug-likeness (QED) is 0.400. The van der Waals surface area contributed by atoms with E-state index in [0.717, 1.165) is 0 Å². The van der Waals surface area contributed by atoms with Crippen LogP contribution in [0.4, 0.5) is 0 Å². The molecule has 52 valence electrons. The molecule has 0 amide bonds. The Morgan fingerprint density at radius 1 is 1.89 bits per heavy atom. The van der Waals surface area contributed by atoms with Crippen LogP contribution in [0.3, 0.4) is 0 Å². The molecule has 0 aliphatic carbocycles. The SMILES string of the molecule is CC1(O)COC(=O)C1O. The van der Waals surface area contributed by atoms with E-state index in [0.29, 0.717) is 0 Å². The third-order valence-corrected chi connectivity index (χ3v) is 1.32. The molecule has 0 aromatic carbocycles. The molecule has 1 saturated heterocycles. The molecule has 1 heterocycles. The van der Waals surface area contributed by atoms with Crippen molar-refractivity contribution in [1.82, 2.24) is 0 Å². The molecule has 2 atom stereocenters. The van der Waals surface area contributed by atoms with Crippen molar-refractivity contribution < 1.29 is 19.7 Å². The zero-order valence-electron chi connectivity index (χ0n) is 5.00. The highest BCUT2D eigenvalue weighted by molar-refractivity contribution is 5.78. The first-order chi connectivity index (χ1) is 4.04. The van der Waals surface area contributed by atoms with E-state index in [2.05, 4.69) is 4.74 Å². The third-order valence-electron chi connectivity index (χ3n) is 1.32. The molecule has 0 spiro atoms. The number of carbonyl (C=O) groups excluding carboxylic acids is 1. The molecule has 1 aliphatic rings. The number of hydrogen-bond donors (Lipinski definition) is 2. The topological polar surface area (TPSA) is 66.8 Å². The Morgan fingerprint density at radius 2 is 2.44 bits per heavy atom. The van der Waals surface area contributed by atoms with E-state index < -0.39 is 17.7 Å². The first-order valence-corrected chi connectivity index (χ1v) is 2.61. The molecule has 0 aromatic heterocycles. The number of aliphatic hydroxyl groups excluding tert-OH is 1. The van der Waals surface area contributed by atoms with Gasteiger partial charge < -0.3 is 14.9 Å². The minimum Gasteiger partial charge on any atom is -0.461 e. The van der Waals surface area contributed by atoms with Gasteiger partial charge in [0.1, 0.15) is 12.2 Å². The summed E-state index contributed by atoms with van der Waals surface area (Å²) in [5, 5.41) is 17.8.